The van der Waals surface area contributed by atoms with Crippen LogP contribution in [0, 0.1) is 39.8 Å². The van der Waals surface area contributed by atoms with Gasteiger partial charge in [-0.05, 0) is 60.9 Å². The van der Waals surface area contributed by atoms with Crippen LogP contribution in [0.2, 0.25) is 0 Å². The van der Waals surface area contributed by atoms with Crippen molar-refractivity contribution < 1.29 is 28.6 Å². The van der Waals surface area contributed by atoms with E-state index in [9.17, 15) is 0 Å². The summed E-state index contributed by atoms with van der Waals surface area (Å²) in [6.45, 7) is 3.97. The molecule has 0 saturated heterocycles. The summed E-state index contributed by atoms with van der Waals surface area (Å²) in [5, 5.41) is 4.71. The minimum Gasteiger partial charge on any atom is -0.486 e. The number of furan rings is 1. The number of pyridine rings is 3. The summed E-state index contributed by atoms with van der Waals surface area (Å²) in [7, 11) is 0. The Morgan fingerprint density at radius 2 is 1.79 bits per heavy atom. The van der Waals surface area contributed by atoms with Gasteiger partial charge in [-0.3, -0.25) is 0 Å². The molecule has 0 aliphatic carbocycles. The number of rotatable bonds is 2. The minimum atomic E-state index is -2.27. The van der Waals surface area contributed by atoms with Crippen LogP contribution in [0.15, 0.2) is 82.9 Å². The number of hydrogen-bond donors (Lipinski definition) is 0. The van der Waals surface area contributed by atoms with Gasteiger partial charge in [-0.1, -0.05) is 35.6 Å². The number of fused-ring (bicyclic) bond motifs is 4. The molecule has 6 heteroatoms. The van der Waals surface area contributed by atoms with Gasteiger partial charge in [0.05, 0.1) is 5.58 Å². The molecule has 5 aromatic heterocycles. The average Bonchev–Trinajstić information content (AvgIpc) is 3.59. The predicted octanol–water partition coefficient (Wildman–Crippen LogP) is 8.84. The van der Waals surface area contributed by atoms with Crippen LogP contribution in [0.4, 0.5) is 0 Å². The Morgan fingerprint density at radius 3 is 2.59 bits per heavy atom. The van der Waals surface area contributed by atoms with E-state index in [1.54, 1.807) is 23.6 Å². The van der Waals surface area contributed by atoms with Gasteiger partial charge >= 0.3 is 0 Å². The number of aryl methyl sites for hydroxylation is 4. The molecule has 0 atom stereocenters. The van der Waals surface area contributed by atoms with Gasteiger partial charge in [-0.15, -0.1) is 64.9 Å². The summed E-state index contributed by atoms with van der Waals surface area (Å²) in [6.07, 6.45) is 3.69. The predicted molar refractivity (Wildman–Crippen MR) is 156 cm³/mol. The molecule has 0 saturated carbocycles. The van der Waals surface area contributed by atoms with Gasteiger partial charge in [-0.2, -0.15) is 0 Å². The van der Waals surface area contributed by atoms with Crippen molar-refractivity contribution >= 4 is 43.5 Å². The Kier molecular flexibility index (Phi) is 6.66. The van der Waals surface area contributed by atoms with E-state index in [2.05, 4.69) is 66.1 Å². The standard InChI is InChI=1S/C19H11N2OS.C14H14N.Ir/c1-11-5-6-13-12-3-2-4-15(18(12)22-19(13)21-11)17-14-8-10-23-16(14)7-9-20-17;1-10-4-6-13(7-5-10)14-8-11(2)12(3)9-15-14;/h2-3,5-10H,1H3;4-6,8-9H,1-3H3;/q2*-1;/i1D3;;. The second-order valence-electron chi connectivity index (χ2n) is 9.17. The van der Waals surface area contributed by atoms with E-state index in [0.717, 1.165) is 43.4 Å². The van der Waals surface area contributed by atoms with Crippen LogP contribution in [-0.2, 0) is 20.1 Å². The van der Waals surface area contributed by atoms with Crippen molar-refractivity contribution in [2.45, 2.75) is 27.6 Å². The third-order valence-corrected chi connectivity index (χ3v) is 7.41. The van der Waals surface area contributed by atoms with Gasteiger partial charge in [-0.25, -0.2) is 4.98 Å². The normalized spacial score (nSPS) is 12.3. The summed E-state index contributed by atoms with van der Waals surface area (Å²) < 4.78 is 29.7. The maximum absolute atomic E-state index is 7.55. The number of hydrogen-bond acceptors (Lipinski definition) is 5. The molecule has 195 valence electrons. The fourth-order valence-electron chi connectivity index (χ4n) is 4.33. The Balaban J connectivity index is 0.000000189. The van der Waals surface area contributed by atoms with Crippen LogP contribution in [-0.4, -0.2) is 15.0 Å². The number of benzene rings is 2. The van der Waals surface area contributed by atoms with Gasteiger partial charge in [0.15, 0.2) is 0 Å². The number of thiophene rings is 1. The first-order chi connectivity index (χ1) is 19.7. The first-order valence-corrected chi connectivity index (χ1v) is 13.1. The molecule has 1 radical (unpaired) electrons. The van der Waals surface area contributed by atoms with Crippen molar-refractivity contribution in [2.24, 2.45) is 0 Å². The molecule has 0 amide bonds. The third-order valence-electron chi connectivity index (χ3n) is 6.53. The molecule has 0 unspecified atom stereocenters. The van der Waals surface area contributed by atoms with Crippen LogP contribution in [0.25, 0.3) is 54.7 Å². The second kappa shape index (κ2) is 11.2. The summed E-state index contributed by atoms with van der Waals surface area (Å²) in [6, 6.07) is 25.7. The molecule has 0 N–H and O–H groups in total. The van der Waals surface area contributed by atoms with Gasteiger partial charge in [0.25, 0.3) is 0 Å². The Morgan fingerprint density at radius 1 is 0.897 bits per heavy atom. The molecule has 7 rings (SSSR count). The molecule has 0 bridgehead atoms. The average molecular weight is 707 g/mol. The molecule has 4 nitrogen and oxygen atoms in total. The van der Waals surface area contributed by atoms with Gasteiger partial charge in [0.2, 0.25) is 5.71 Å². The Labute approximate surface area is 249 Å². The van der Waals surface area contributed by atoms with Gasteiger partial charge in [0.1, 0.15) is 0 Å². The third kappa shape index (κ3) is 5.28. The largest absolute Gasteiger partial charge is 0.486 e. The Hall–Kier alpha value is -3.70. The number of aromatic nitrogens is 3. The molecular weight excluding hydrogens is 679 g/mol. The van der Waals surface area contributed by atoms with Crippen molar-refractivity contribution in [3.05, 3.63) is 113 Å². The molecule has 2 aromatic carbocycles. The fourth-order valence-corrected chi connectivity index (χ4v) is 5.11. The van der Waals surface area contributed by atoms with E-state index in [0.29, 0.717) is 11.3 Å². The topological polar surface area (TPSA) is 51.8 Å². The first kappa shape index (κ1) is 23.2. The first-order valence-electron chi connectivity index (χ1n) is 13.7. The summed E-state index contributed by atoms with van der Waals surface area (Å²) in [5.74, 6) is 0. The zero-order chi connectivity index (χ0) is 28.7. The van der Waals surface area contributed by atoms with Crippen molar-refractivity contribution in [2.75, 3.05) is 0 Å². The Bertz CT molecular complexity index is 2030. The summed E-state index contributed by atoms with van der Waals surface area (Å²) in [5.41, 5.74) is 8.28. The van der Waals surface area contributed by atoms with Crippen molar-refractivity contribution in [1.82, 2.24) is 15.0 Å². The van der Waals surface area contributed by atoms with Crippen molar-refractivity contribution in [1.29, 1.82) is 0 Å². The molecular formula is C33H25IrN3OS-2. The van der Waals surface area contributed by atoms with E-state index in [-0.39, 0.29) is 25.8 Å². The molecule has 0 aliphatic heterocycles. The maximum atomic E-state index is 7.55. The zero-order valence-electron chi connectivity index (χ0n) is 24.5. The molecule has 7 aromatic rings. The SMILES string of the molecule is Cc1c[c-]c(-c2cc(C)c(C)cn2)cc1.[2H]C([2H])([2H])c1ccc2c(n1)oc1c(-c3nccc4sccc34)[c-]ccc12.[Ir]. The van der Waals surface area contributed by atoms with E-state index >= 15 is 0 Å². The second-order valence-corrected chi connectivity index (χ2v) is 10.1. The smallest absolute Gasteiger partial charge is 0.216 e. The van der Waals surface area contributed by atoms with Crippen LogP contribution < -0.4 is 0 Å². The van der Waals surface area contributed by atoms with Crippen molar-refractivity contribution in [3.63, 3.8) is 0 Å². The molecule has 5 heterocycles. The van der Waals surface area contributed by atoms with Crippen LogP contribution in [0.3, 0.4) is 0 Å². The zero-order valence-corrected chi connectivity index (χ0v) is 24.7. The summed E-state index contributed by atoms with van der Waals surface area (Å²) >= 11 is 1.65. The quantitative estimate of drug-likeness (QED) is 0.169. The fraction of sp³-hybridized carbons (Fsp3) is 0.121. The summed E-state index contributed by atoms with van der Waals surface area (Å²) in [4.78, 5) is 13.1. The molecule has 39 heavy (non-hydrogen) atoms. The van der Waals surface area contributed by atoms with Crippen LogP contribution >= 0.6 is 11.3 Å². The number of nitrogens with zero attached hydrogens (tertiary/aromatic N) is 3. The maximum Gasteiger partial charge on any atom is 0.216 e. The molecule has 0 spiro atoms. The van der Waals surface area contributed by atoms with E-state index in [4.69, 9.17) is 8.53 Å². The van der Waals surface area contributed by atoms with Crippen LogP contribution in [0.5, 0.6) is 0 Å². The van der Waals surface area contributed by atoms with E-state index in [1.165, 1.54) is 22.8 Å². The van der Waals surface area contributed by atoms with Gasteiger partial charge in [0, 0.05) is 58.1 Å². The molecule has 0 aliphatic rings. The van der Waals surface area contributed by atoms with E-state index < -0.39 is 6.85 Å². The molecule has 0 fully saturated rings. The van der Waals surface area contributed by atoms with Gasteiger partial charge < -0.3 is 14.4 Å². The van der Waals surface area contributed by atoms with Crippen LogP contribution in [0.1, 0.15) is 26.5 Å². The minimum absolute atomic E-state index is 0. The monoisotopic (exact) mass is 707 g/mol. The van der Waals surface area contributed by atoms with E-state index in [1.807, 2.05) is 41.9 Å². The van der Waals surface area contributed by atoms with Crippen molar-refractivity contribution in [3.8, 4) is 22.5 Å².